The third-order valence-electron chi connectivity index (χ3n) is 8.85. The summed E-state index contributed by atoms with van der Waals surface area (Å²) in [5.41, 5.74) is -1.53. The molecule has 0 spiro atoms. The minimum atomic E-state index is -0.621. The summed E-state index contributed by atoms with van der Waals surface area (Å²) in [6.45, 7) is 21.5. The molecule has 2 fully saturated rings. The number of hydrogen-bond donors (Lipinski definition) is 0. The van der Waals surface area contributed by atoms with Gasteiger partial charge in [-0.15, -0.1) is 5.06 Å². The van der Waals surface area contributed by atoms with Gasteiger partial charge in [-0.05, 0) is 92.4 Å². The molecule has 2 heterocycles. The molecule has 7 nitrogen and oxygen atoms in total. The summed E-state index contributed by atoms with van der Waals surface area (Å²) in [5, 5.41) is 3.99. The number of piperidine rings is 2. The molecule has 0 unspecified atom stereocenters. The Labute approximate surface area is 292 Å². The zero-order chi connectivity index (χ0) is 35.7. The second-order valence-electron chi connectivity index (χ2n) is 15.5. The molecule has 2 rings (SSSR count). The molecule has 2 aliphatic rings. The Hall–Kier alpha value is -3.25. The van der Waals surface area contributed by atoms with E-state index in [-0.39, 0.29) is 23.3 Å². The van der Waals surface area contributed by atoms with Crippen LogP contribution < -0.4 is 0 Å². The molecule has 264 valence electrons. The molecule has 2 aliphatic heterocycles. The normalized spacial score (nSPS) is 19.6. The van der Waals surface area contributed by atoms with Crippen LogP contribution in [-0.2, 0) is 19.1 Å². The average Bonchev–Trinajstić information content (AvgIpc) is 2.96. The third kappa shape index (κ3) is 14.1. The molecule has 0 amide bonds. The van der Waals surface area contributed by atoms with Gasteiger partial charge >= 0.3 is 6.16 Å². The lowest BCUT2D eigenvalue weighted by Crippen LogP contribution is -2.62. The van der Waals surface area contributed by atoms with Gasteiger partial charge in [-0.2, -0.15) is 5.06 Å². The first kappa shape index (κ1) is 40.9. The quantitative estimate of drug-likeness (QED) is 0.105. The molecule has 2 saturated heterocycles. The van der Waals surface area contributed by atoms with Crippen LogP contribution in [0.5, 0.6) is 0 Å². The van der Waals surface area contributed by atoms with E-state index in [1.807, 2.05) is 32.8 Å². The van der Waals surface area contributed by atoms with Crippen molar-refractivity contribution in [3.05, 3.63) is 0 Å². The second kappa shape index (κ2) is 19.7. The van der Waals surface area contributed by atoms with E-state index >= 15 is 0 Å². The number of rotatable bonds is 14. The van der Waals surface area contributed by atoms with Gasteiger partial charge in [-0.25, -0.2) is 4.79 Å². The highest BCUT2D eigenvalue weighted by Gasteiger charge is 2.50. The summed E-state index contributed by atoms with van der Waals surface area (Å²) >= 11 is 0. The molecule has 0 N–H and O–H groups in total. The fraction of sp³-hybridized carbons (Fsp3) is 0.732. The largest absolute Gasteiger partial charge is 0.508 e. The number of carbonyl (C=O) groups excluding carboxylic acids is 1. The van der Waals surface area contributed by atoms with Crippen LogP contribution in [0.3, 0.4) is 0 Å². The Morgan fingerprint density at radius 3 is 1.44 bits per heavy atom. The fourth-order valence-corrected chi connectivity index (χ4v) is 7.32. The van der Waals surface area contributed by atoms with E-state index in [1.165, 1.54) is 51.4 Å². The van der Waals surface area contributed by atoms with Crippen molar-refractivity contribution in [1.82, 2.24) is 10.1 Å². The van der Waals surface area contributed by atoms with Gasteiger partial charge in [0, 0.05) is 60.4 Å². The number of ether oxygens (including phenoxy) is 2. The molecule has 0 saturated carbocycles. The molecule has 0 radical (unpaired) electrons. The van der Waals surface area contributed by atoms with Crippen LogP contribution in [0.15, 0.2) is 0 Å². The molecular weight excluding hydrogens is 600 g/mol. The van der Waals surface area contributed by atoms with E-state index in [0.29, 0.717) is 32.3 Å². The van der Waals surface area contributed by atoms with Crippen molar-refractivity contribution >= 4 is 6.16 Å². The third-order valence-corrected chi connectivity index (χ3v) is 8.85. The lowest BCUT2D eigenvalue weighted by atomic mass is 9.80. The number of unbranched alkanes of at least 4 members (excludes halogenated alkanes) is 8. The van der Waals surface area contributed by atoms with Crippen LogP contribution >= 0.6 is 0 Å². The van der Waals surface area contributed by atoms with Crippen molar-refractivity contribution < 1.29 is 23.9 Å². The topological polar surface area (TPSA) is 60.5 Å². The van der Waals surface area contributed by atoms with Gasteiger partial charge in [0.25, 0.3) is 0 Å². The van der Waals surface area contributed by atoms with Crippen LogP contribution in [-0.4, -0.2) is 57.3 Å². The zero-order valence-electron chi connectivity index (χ0n) is 31.5. The van der Waals surface area contributed by atoms with Crippen molar-refractivity contribution in [2.75, 3.05) is 6.61 Å². The predicted molar refractivity (Wildman–Crippen MR) is 192 cm³/mol. The van der Waals surface area contributed by atoms with Crippen LogP contribution in [0.2, 0.25) is 0 Å². The first-order valence-electron chi connectivity index (χ1n) is 17.8. The maximum atomic E-state index is 13.1. The molecule has 0 aromatic heterocycles. The highest BCUT2D eigenvalue weighted by atomic mass is 16.7. The van der Waals surface area contributed by atoms with Gasteiger partial charge in [0.1, 0.15) is 12.2 Å². The van der Waals surface area contributed by atoms with Gasteiger partial charge in [0.05, 0.1) is 17.7 Å². The van der Waals surface area contributed by atoms with Crippen molar-refractivity contribution in [1.29, 1.82) is 0 Å². The Morgan fingerprint density at radius 2 is 0.979 bits per heavy atom. The highest BCUT2D eigenvalue weighted by molar-refractivity contribution is 5.60. The first-order valence-corrected chi connectivity index (χ1v) is 17.8. The van der Waals surface area contributed by atoms with Crippen molar-refractivity contribution in [2.24, 2.45) is 0 Å². The summed E-state index contributed by atoms with van der Waals surface area (Å²) in [5.74, 6) is 23.6. The molecule has 0 aliphatic carbocycles. The van der Waals surface area contributed by atoms with Crippen molar-refractivity contribution in [2.45, 2.75) is 187 Å². The molecular formula is C41H60N2O5. The summed E-state index contributed by atoms with van der Waals surface area (Å²) in [7, 11) is 0. The standard InChI is InChI=1S/C41H60N2O5/c1-11-13-15-17-19-21-23-25-27-29-45-42-38(3,4)31-35(32-39(42,5)6)47-37(44)48-36-33-40(7,8)43(41(9,10)34-36)46-30-28-26-24-22-20-18-16-14-12-2/h35-36H,11,13,15,17,19,21,23,25,27,29,31-34H2,1-10H3. The number of hydrogen-bond acceptors (Lipinski definition) is 7. The minimum absolute atomic E-state index is 0.266. The monoisotopic (exact) mass is 660 g/mol. The summed E-state index contributed by atoms with van der Waals surface area (Å²) < 4.78 is 11.9. The molecule has 0 aromatic carbocycles. The summed E-state index contributed by atoms with van der Waals surface area (Å²) in [6, 6.07) is 0. The van der Waals surface area contributed by atoms with E-state index in [2.05, 4.69) is 99.1 Å². The average molecular weight is 661 g/mol. The van der Waals surface area contributed by atoms with Gasteiger partial charge in [0.15, 0.2) is 6.11 Å². The van der Waals surface area contributed by atoms with Crippen molar-refractivity contribution in [3.8, 4) is 59.4 Å². The SMILES string of the molecule is CC#CC#CC#CC#CC#CON1C(C)(C)CC(OC(=O)OC2CC(C)(C)N(OCCCCCCCCCCC)C(C)(C)C2)CC1(C)C. The predicted octanol–water partition coefficient (Wildman–Crippen LogP) is 8.57. The number of nitrogens with zero attached hydrogens (tertiary/aromatic N) is 2. The van der Waals surface area contributed by atoms with E-state index in [9.17, 15) is 4.79 Å². The van der Waals surface area contributed by atoms with Gasteiger partial charge in [-0.3, -0.25) is 4.84 Å². The van der Waals surface area contributed by atoms with E-state index in [1.54, 1.807) is 6.92 Å². The maximum Gasteiger partial charge on any atom is 0.508 e. The molecule has 0 atom stereocenters. The Bertz CT molecular complexity index is 1320. The molecule has 0 bridgehead atoms. The van der Waals surface area contributed by atoms with Gasteiger partial charge in [-0.1, -0.05) is 64.2 Å². The van der Waals surface area contributed by atoms with Crippen molar-refractivity contribution in [3.63, 3.8) is 0 Å². The highest BCUT2D eigenvalue weighted by Crippen LogP contribution is 2.42. The summed E-state index contributed by atoms with van der Waals surface area (Å²) in [6.07, 6.45) is 15.5. The molecule has 7 heteroatoms. The van der Waals surface area contributed by atoms with E-state index < -0.39 is 17.2 Å². The lowest BCUT2D eigenvalue weighted by Gasteiger charge is -2.53. The minimum Gasteiger partial charge on any atom is -0.431 e. The van der Waals surface area contributed by atoms with Crippen LogP contribution in [0, 0.1) is 59.4 Å². The summed E-state index contributed by atoms with van der Waals surface area (Å²) in [4.78, 5) is 25.4. The Morgan fingerprint density at radius 1 is 0.583 bits per heavy atom. The van der Waals surface area contributed by atoms with Gasteiger partial charge < -0.3 is 14.3 Å². The van der Waals surface area contributed by atoms with Gasteiger partial charge in [0.2, 0.25) is 0 Å². The molecule has 0 aromatic rings. The van der Waals surface area contributed by atoms with E-state index in [4.69, 9.17) is 19.1 Å². The van der Waals surface area contributed by atoms with E-state index in [0.717, 1.165) is 6.42 Å². The second-order valence-corrected chi connectivity index (χ2v) is 15.5. The molecule has 48 heavy (non-hydrogen) atoms. The zero-order valence-corrected chi connectivity index (χ0v) is 31.5. The van der Waals surface area contributed by atoms with Crippen LogP contribution in [0.25, 0.3) is 0 Å². The smallest absolute Gasteiger partial charge is 0.431 e. The maximum absolute atomic E-state index is 13.1. The fourth-order valence-electron chi connectivity index (χ4n) is 7.32. The first-order chi connectivity index (χ1) is 22.6. The number of hydroxylamine groups is 4. The lowest BCUT2D eigenvalue weighted by molar-refractivity contribution is -0.293. The number of carbonyl (C=O) groups is 1. The Kier molecular flexibility index (Phi) is 16.8. The Balaban J connectivity index is 1.85. The van der Waals surface area contributed by atoms with Crippen LogP contribution in [0.4, 0.5) is 4.79 Å². The van der Waals surface area contributed by atoms with Crippen LogP contribution in [0.1, 0.15) is 153 Å².